The molecule has 0 atom stereocenters. The minimum absolute atomic E-state index is 0.0235. The minimum atomic E-state index is 0.0235. The quantitative estimate of drug-likeness (QED) is 0.719. The zero-order valence-corrected chi connectivity index (χ0v) is 10.6. The molecule has 6 nitrogen and oxygen atoms in total. The van der Waals surface area contributed by atoms with Gasteiger partial charge in [0.05, 0.1) is 13.2 Å². The molecule has 2 aliphatic heterocycles. The molecule has 0 bridgehead atoms. The summed E-state index contributed by atoms with van der Waals surface area (Å²) in [4.78, 5) is 29.1. The maximum Gasteiger partial charge on any atom is 0.317 e. The molecule has 2 saturated heterocycles. The first kappa shape index (κ1) is 11.8. The third-order valence-electron chi connectivity index (χ3n) is 3.89. The van der Waals surface area contributed by atoms with E-state index in [0.29, 0.717) is 6.54 Å². The molecule has 3 aliphatic rings. The second-order valence-corrected chi connectivity index (χ2v) is 5.47. The van der Waals surface area contributed by atoms with Gasteiger partial charge >= 0.3 is 6.03 Å². The molecule has 0 aromatic rings. The van der Waals surface area contributed by atoms with Crippen LogP contribution in [-0.2, 0) is 4.79 Å². The third kappa shape index (κ3) is 2.58. The van der Waals surface area contributed by atoms with Crippen molar-refractivity contribution in [3.05, 3.63) is 0 Å². The highest BCUT2D eigenvalue weighted by Gasteiger charge is 2.32. The topological polar surface area (TPSA) is 55.9 Å². The lowest BCUT2D eigenvalue weighted by Gasteiger charge is -2.20. The molecule has 0 radical (unpaired) electrons. The van der Waals surface area contributed by atoms with Crippen LogP contribution < -0.4 is 5.32 Å². The van der Waals surface area contributed by atoms with Gasteiger partial charge in [0.25, 0.3) is 0 Å². The number of carbonyl (C=O) groups is 2. The van der Waals surface area contributed by atoms with Crippen molar-refractivity contribution in [2.45, 2.75) is 12.8 Å². The summed E-state index contributed by atoms with van der Waals surface area (Å²) >= 11 is 0. The molecule has 0 unspecified atom stereocenters. The molecule has 3 fully saturated rings. The summed E-state index contributed by atoms with van der Waals surface area (Å²) in [5.41, 5.74) is 0. The second-order valence-electron chi connectivity index (χ2n) is 5.47. The van der Waals surface area contributed by atoms with Crippen molar-refractivity contribution in [2.75, 3.05) is 45.9 Å². The smallest absolute Gasteiger partial charge is 0.317 e. The number of nitrogens with zero attached hydrogens (tertiary/aromatic N) is 3. The molecule has 3 rings (SSSR count). The number of carbonyl (C=O) groups excluding carboxylic acids is 2. The fraction of sp³-hybridized carbons (Fsp3) is 0.833. The maximum atomic E-state index is 11.8. The normalized spacial score (nSPS) is 25.1. The van der Waals surface area contributed by atoms with Gasteiger partial charge in [0, 0.05) is 32.7 Å². The molecule has 18 heavy (non-hydrogen) atoms. The van der Waals surface area contributed by atoms with Gasteiger partial charge < -0.3 is 15.1 Å². The van der Waals surface area contributed by atoms with Gasteiger partial charge in [-0.2, -0.15) is 0 Å². The van der Waals surface area contributed by atoms with Crippen molar-refractivity contribution >= 4 is 11.9 Å². The van der Waals surface area contributed by atoms with Gasteiger partial charge in [0.15, 0.2) is 0 Å². The van der Waals surface area contributed by atoms with Crippen molar-refractivity contribution in [1.82, 2.24) is 20.0 Å². The Bertz CT molecular complexity index is 356. The zero-order valence-electron chi connectivity index (χ0n) is 10.6. The van der Waals surface area contributed by atoms with Crippen LogP contribution in [0.2, 0.25) is 0 Å². The fourth-order valence-electron chi connectivity index (χ4n) is 2.57. The van der Waals surface area contributed by atoms with Gasteiger partial charge in [0.1, 0.15) is 0 Å². The van der Waals surface area contributed by atoms with Gasteiger partial charge in [-0.25, -0.2) is 4.79 Å². The van der Waals surface area contributed by atoms with E-state index in [9.17, 15) is 9.59 Å². The largest absolute Gasteiger partial charge is 0.336 e. The Morgan fingerprint density at radius 3 is 2.67 bits per heavy atom. The first-order valence-corrected chi connectivity index (χ1v) is 6.75. The molecule has 0 aromatic carbocycles. The Labute approximate surface area is 107 Å². The van der Waals surface area contributed by atoms with E-state index in [1.165, 1.54) is 12.8 Å². The van der Waals surface area contributed by atoms with Crippen LogP contribution in [0.5, 0.6) is 0 Å². The van der Waals surface area contributed by atoms with E-state index in [4.69, 9.17) is 0 Å². The van der Waals surface area contributed by atoms with Crippen LogP contribution in [-0.4, -0.2) is 72.6 Å². The van der Waals surface area contributed by atoms with E-state index in [-0.39, 0.29) is 11.9 Å². The first-order chi connectivity index (χ1) is 8.72. The average molecular weight is 252 g/mol. The molecule has 100 valence electrons. The number of amides is 3. The average Bonchev–Trinajstić information content (AvgIpc) is 2.96. The predicted molar refractivity (Wildman–Crippen MR) is 65.8 cm³/mol. The van der Waals surface area contributed by atoms with E-state index in [1.807, 2.05) is 9.80 Å². The first-order valence-electron chi connectivity index (χ1n) is 6.75. The van der Waals surface area contributed by atoms with E-state index in [0.717, 1.165) is 45.3 Å². The molecule has 1 aliphatic carbocycles. The second kappa shape index (κ2) is 4.76. The minimum Gasteiger partial charge on any atom is -0.336 e. The van der Waals surface area contributed by atoms with Crippen LogP contribution in [0, 0.1) is 5.92 Å². The maximum absolute atomic E-state index is 11.8. The summed E-state index contributed by atoms with van der Waals surface area (Å²) in [7, 11) is 0. The van der Waals surface area contributed by atoms with E-state index >= 15 is 0 Å². The standard InChI is InChI=1S/C12H20N4O2/c17-11-8-14(9-16(11)7-10-1-2-10)5-6-15-4-3-13-12(15)18/h10H,1-9H2,(H,13,18). The van der Waals surface area contributed by atoms with E-state index in [2.05, 4.69) is 10.2 Å². The highest BCUT2D eigenvalue weighted by Crippen LogP contribution is 2.30. The van der Waals surface area contributed by atoms with Crippen molar-refractivity contribution in [3.63, 3.8) is 0 Å². The van der Waals surface area contributed by atoms with E-state index in [1.54, 1.807) is 0 Å². The van der Waals surface area contributed by atoms with Crippen LogP contribution >= 0.6 is 0 Å². The zero-order chi connectivity index (χ0) is 12.5. The van der Waals surface area contributed by atoms with Crippen LogP contribution in [0.3, 0.4) is 0 Å². The molecule has 2 heterocycles. The van der Waals surface area contributed by atoms with Crippen molar-refractivity contribution < 1.29 is 9.59 Å². The summed E-state index contributed by atoms with van der Waals surface area (Å²) in [5.74, 6) is 0.992. The predicted octanol–water partition coefficient (Wildman–Crippen LogP) is -0.477. The summed E-state index contributed by atoms with van der Waals surface area (Å²) in [6.07, 6.45) is 2.55. The lowest BCUT2D eigenvalue weighted by molar-refractivity contribution is -0.126. The summed E-state index contributed by atoms with van der Waals surface area (Å²) < 4.78 is 0. The molecule has 3 amide bonds. The number of nitrogens with one attached hydrogen (secondary N) is 1. The Hall–Kier alpha value is -1.30. The summed E-state index contributed by atoms with van der Waals surface area (Å²) in [5, 5.41) is 2.79. The molecule has 1 saturated carbocycles. The number of rotatable bonds is 5. The number of urea groups is 1. The number of hydrogen-bond acceptors (Lipinski definition) is 3. The Balaban J connectivity index is 1.43. The molecule has 6 heteroatoms. The lowest BCUT2D eigenvalue weighted by Crippen LogP contribution is -2.37. The Kier molecular flexibility index (Phi) is 3.11. The van der Waals surface area contributed by atoms with Gasteiger partial charge in [-0.3, -0.25) is 9.69 Å². The summed E-state index contributed by atoms with van der Waals surface area (Å²) in [6, 6.07) is 0.0235. The van der Waals surface area contributed by atoms with Crippen molar-refractivity contribution in [3.8, 4) is 0 Å². The Morgan fingerprint density at radius 1 is 1.17 bits per heavy atom. The van der Waals surface area contributed by atoms with Crippen LogP contribution in [0.25, 0.3) is 0 Å². The molecule has 1 N–H and O–H groups in total. The van der Waals surface area contributed by atoms with Crippen LogP contribution in [0.1, 0.15) is 12.8 Å². The Morgan fingerprint density at radius 2 is 2.00 bits per heavy atom. The molecule has 0 aromatic heterocycles. The highest BCUT2D eigenvalue weighted by molar-refractivity contribution is 5.80. The molecular formula is C12H20N4O2. The molecular weight excluding hydrogens is 232 g/mol. The van der Waals surface area contributed by atoms with Gasteiger partial charge in [-0.1, -0.05) is 0 Å². The van der Waals surface area contributed by atoms with Gasteiger partial charge in [0.2, 0.25) is 5.91 Å². The van der Waals surface area contributed by atoms with Crippen LogP contribution in [0.4, 0.5) is 4.79 Å². The van der Waals surface area contributed by atoms with Crippen LogP contribution in [0.15, 0.2) is 0 Å². The SMILES string of the molecule is O=C1CN(CCN2CCNC2=O)CN1CC1CC1. The number of hydrogen-bond donors (Lipinski definition) is 1. The van der Waals surface area contributed by atoms with Gasteiger partial charge in [-0.15, -0.1) is 0 Å². The van der Waals surface area contributed by atoms with E-state index < -0.39 is 0 Å². The third-order valence-corrected chi connectivity index (χ3v) is 3.89. The van der Waals surface area contributed by atoms with Gasteiger partial charge in [-0.05, 0) is 18.8 Å². The van der Waals surface area contributed by atoms with Crippen molar-refractivity contribution in [2.24, 2.45) is 5.92 Å². The fourth-order valence-corrected chi connectivity index (χ4v) is 2.57. The molecule has 0 spiro atoms. The highest BCUT2D eigenvalue weighted by atomic mass is 16.2. The monoisotopic (exact) mass is 252 g/mol. The summed E-state index contributed by atoms with van der Waals surface area (Å²) in [6.45, 7) is 5.22. The lowest BCUT2D eigenvalue weighted by atomic mass is 10.4. The van der Waals surface area contributed by atoms with Crippen molar-refractivity contribution in [1.29, 1.82) is 0 Å².